The Morgan fingerprint density at radius 3 is 2.62 bits per heavy atom. The Hall–Kier alpha value is -3.60. The molecule has 2 aliphatic rings. The number of benzene rings is 2. The van der Waals surface area contributed by atoms with Crippen LogP contribution in [0.15, 0.2) is 54.1 Å². The third-order valence-electron chi connectivity index (χ3n) is 7.19. The third kappa shape index (κ3) is 6.03. The third-order valence-corrected chi connectivity index (χ3v) is 7.19. The number of ether oxygens (including phenoxy) is 4. The fraction of sp³-hybridized carbons (Fsp3) is 0.448. The number of para-hydroxylation sites is 1. The number of fused-ring (bicyclic) bond motifs is 3. The summed E-state index contributed by atoms with van der Waals surface area (Å²) in [4.78, 5) is 28.3. The molecule has 2 aromatic carbocycles. The van der Waals surface area contributed by atoms with E-state index in [0.29, 0.717) is 29.2 Å². The number of nitrogens with zero attached hydrogens (tertiary/aromatic N) is 1. The van der Waals surface area contributed by atoms with Crippen LogP contribution in [0, 0.1) is 0 Å². The Morgan fingerprint density at radius 2 is 1.90 bits per heavy atom. The molecule has 0 aromatic heterocycles. The number of hydrogen-bond acceptors (Lipinski definition) is 8. The van der Waals surface area contributed by atoms with E-state index < -0.39 is 24.2 Å². The second-order valence-electron chi connectivity index (χ2n) is 9.44. The van der Waals surface area contributed by atoms with Crippen molar-refractivity contribution in [3.8, 4) is 17.2 Å². The SMILES string of the molecule is COCCC(=O)N(CCc1cc(OC)ccc1OC)[C@@H]1C=C(C(=O)NCCO)[C@@H]2c3ccccc3O[C@@H]2[C@H]1O. The van der Waals surface area contributed by atoms with Crippen molar-refractivity contribution in [2.75, 3.05) is 47.6 Å². The van der Waals surface area contributed by atoms with Gasteiger partial charge in [0, 0.05) is 31.3 Å². The molecule has 1 heterocycles. The fourth-order valence-electron chi connectivity index (χ4n) is 5.28. The van der Waals surface area contributed by atoms with Crippen molar-refractivity contribution < 1.29 is 38.7 Å². The molecule has 210 valence electrons. The van der Waals surface area contributed by atoms with E-state index in [4.69, 9.17) is 18.9 Å². The standard InChI is InChI=1S/C29H36N2O8/c1-36-15-11-25(33)31(13-10-18-16-19(37-2)8-9-23(18)38-3)22-17-21(29(35)30-12-14-32)26-20-6-4-5-7-24(20)39-28(26)27(22)34/h4-9,16-17,22,26-28,32,34H,10-15H2,1-3H3,(H,30,35)/t22-,26+,27+,28+/m1/s1. The first-order chi connectivity index (χ1) is 18.9. The van der Waals surface area contributed by atoms with Gasteiger partial charge in [-0.3, -0.25) is 9.59 Å². The normalized spacial score (nSPS) is 21.2. The number of rotatable bonds is 12. The lowest BCUT2D eigenvalue weighted by Gasteiger charge is -2.41. The van der Waals surface area contributed by atoms with Crippen molar-refractivity contribution in [1.29, 1.82) is 0 Å². The van der Waals surface area contributed by atoms with Gasteiger partial charge in [0.25, 0.3) is 0 Å². The van der Waals surface area contributed by atoms with Gasteiger partial charge in [-0.1, -0.05) is 18.2 Å². The Morgan fingerprint density at radius 1 is 1.10 bits per heavy atom. The summed E-state index contributed by atoms with van der Waals surface area (Å²) in [5.74, 6) is 0.770. The number of methoxy groups -OCH3 is 3. The quantitative estimate of drug-likeness (QED) is 0.369. The Bertz CT molecular complexity index is 1200. The molecule has 0 unspecified atom stereocenters. The summed E-state index contributed by atoms with van der Waals surface area (Å²) in [5, 5.41) is 23.6. The molecule has 2 aromatic rings. The molecule has 1 aliphatic heterocycles. The number of carbonyl (C=O) groups excluding carboxylic acids is 2. The minimum atomic E-state index is -1.10. The predicted octanol–water partition coefficient (Wildman–Crippen LogP) is 1.43. The van der Waals surface area contributed by atoms with Crippen LogP contribution in [0.3, 0.4) is 0 Å². The fourth-order valence-corrected chi connectivity index (χ4v) is 5.28. The van der Waals surface area contributed by atoms with Crippen LogP contribution in [-0.4, -0.2) is 92.8 Å². The number of aliphatic hydroxyl groups excluding tert-OH is 2. The van der Waals surface area contributed by atoms with Crippen molar-refractivity contribution in [3.63, 3.8) is 0 Å². The number of hydrogen-bond donors (Lipinski definition) is 3. The average Bonchev–Trinajstić information content (AvgIpc) is 3.36. The van der Waals surface area contributed by atoms with Crippen LogP contribution in [0.2, 0.25) is 0 Å². The van der Waals surface area contributed by atoms with Gasteiger partial charge < -0.3 is 39.4 Å². The molecular weight excluding hydrogens is 504 g/mol. The Kier molecular flexibility index (Phi) is 9.45. The smallest absolute Gasteiger partial charge is 0.247 e. The van der Waals surface area contributed by atoms with E-state index in [1.54, 1.807) is 43.4 Å². The molecule has 1 aliphatic carbocycles. The van der Waals surface area contributed by atoms with Crippen molar-refractivity contribution >= 4 is 11.8 Å². The number of amides is 2. The monoisotopic (exact) mass is 540 g/mol. The highest BCUT2D eigenvalue weighted by molar-refractivity contribution is 5.96. The average molecular weight is 541 g/mol. The zero-order valence-corrected chi connectivity index (χ0v) is 22.5. The van der Waals surface area contributed by atoms with Crippen molar-refractivity contribution in [2.24, 2.45) is 0 Å². The van der Waals surface area contributed by atoms with Crippen molar-refractivity contribution in [3.05, 3.63) is 65.2 Å². The van der Waals surface area contributed by atoms with E-state index in [1.165, 1.54) is 7.11 Å². The molecular formula is C29H36N2O8. The van der Waals surface area contributed by atoms with Crippen LogP contribution in [0.25, 0.3) is 0 Å². The molecule has 0 radical (unpaired) electrons. The van der Waals surface area contributed by atoms with Crippen LogP contribution in [0.1, 0.15) is 23.5 Å². The second-order valence-corrected chi connectivity index (χ2v) is 9.44. The minimum Gasteiger partial charge on any atom is -0.497 e. The van der Waals surface area contributed by atoms with Gasteiger partial charge in [0.15, 0.2) is 0 Å². The van der Waals surface area contributed by atoms with Crippen LogP contribution >= 0.6 is 0 Å². The number of aliphatic hydroxyl groups is 2. The summed E-state index contributed by atoms with van der Waals surface area (Å²) in [7, 11) is 4.67. The van der Waals surface area contributed by atoms with Crippen LogP contribution in [0.5, 0.6) is 17.2 Å². The molecule has 10 nitrogen and oxygen atoms in total. The molecule has 4 rings (SSSR count). The molecule has 10 heteroatoms. The summed E-state index contributed by atoms with van der Waals surface area (Å²) in [6.45, 7) is 0.314. The summed E-state index contributed by atoms with van der Waals surface area (Å²) in [6, 6.07) is 12.0. The lowest BCUT2D eigenvalue weighted by atomic mass is 9.77. The van der Waals surface area contributed by atoms with E-state index in [-0.39, 0.29) is 44.5 Å². The molecule has 0 fully saturated rings. The Labute approximate surface area is 228 Å². The van der Waals surface area contributed by atoms with Crippen LogP contribution in [-0.2, 0) is 20.7 Å². The van der Waals surface area contributed by atoms with Crippen LogP contribution < -0.4 is 19.5 Å². The lowest BCUT2D eigenvalue weighted by Crippen LogP contribution is -2.56. The first kappa shape index (κ1) is 28.4. The highest BCUT2D eigenvalue weighted by Crippen LogP contribution is 2.47. The van der Waals surface area contributed by atoms with Gasteiger partial charge >= 0.3 is 0 Å². The van der Waals surface area contributed by atoms with Crippen LogP contribution in [0.4, 0.5) is 0 Å². The first-order valence-electron chi connectivity index (χ1n) is 13.0. The molecule has 3 N–H and O–H groups in total. The maximum Gasteiger partial charge on any atom is 0.247 e. The van der Waals surface area contributed by atoms with Gasteiger partial charge in [-0.15, -0.1) is 0 Å². The molecule has 0 saturated carbocycles. The Balaban J connectivity index is 1.71. The van der Waals surface area contributed by atoms with E-state index in [0.717, 1.165) is 11.1 Å². The molecule has 0 bridgehead atoms. The highest BCUT2D eigenvalue weighted by atomic mass is 16.5. The summed E-state index contributed by atoms with van der Waals surface area (Å²) in [5.41, 5.74) is 2.01. The zero-order chi connectivity index (χ0) is 27.9. The highest BCUT2D eigenvalue weighted by Gasteiger charge is 2.50. The molecule has 4 atom stereocenters. The molecule has 0 spiro atoms. The topological polar surface area (TPSA) is 127 Å². The van der Waals surface area contributed by atoms with Gasteiger partial charge in [0.2, 0.25) is 11.8 Å². The number of carbonyl (C=O) groups is 2. The second kappa shape index (κ2) is 13.0. The minimum absolute atomic E-state index is 0.0788. The largest absolute Gasteiger partial charge is 0.497 e. The van der Waals surface area contributed by atoms with Gasteiger partial charge in [0.1, 0.15) is 29.5 Å². The van der Waals surface area contributed by atoms with Gasteiger partial charge in [-0.05, 0) is 42.3 Å². The summed E-state index contributed by atoms with van der Waals surface area (Å²) >= 11 is 0. The van der Waals surface area contributed by atoms with Crippen molar-refractivity contribution in [1.82, 2.24) is 10.2 Å². The van der Waals surface area contributed by atoms with E-state index in [9.17, 15) is 19.8 Å². The lowest BCUT2D eigenvalue weighted by molar-refractivity contribution is -0.138. The molecule has 2 amide bonds. The zero-order valence-electron chi connectivity index (χ0n) is 22.5. The molecule has 0 saturated heterocycles. The van der Waals surface area contributed by atoms with E-state index in [2.05, 4.69) is 5.32 Å². The predicted molar refractivity (Wildman–Crippen MR) is 143 cm³/mol. The summed E-state index contributed by atoms with van der Waals surface area (Å²) in [6.07, 6.45) is 0.311. The summed E-state index contributed by atoms with van der Waals surface area (Å²) < 4.78 is 22.2. The maximum atomic E-state index is 13.5. The maximum absolute atomic E-state index is 13.5. The van der Waals surface area contributed by atoms with E-state index >= 15 is 0 Å². The first-order valence-corrected chi connectivity index (χ1v) is 13.0. The van der Waals surface area contributed by atoms with E-state index in [1.807, 2.05) is 24.3 Å². The van der Waals surface area contributed by atoms with Gasteiger partial charge in [-0.2, -0.15) is 0 Å². The van der Waals surface area contributed by atoms with Crippen molar-refractivity contribution in [2.45, 2.75) is 37.0 Å². The molecule has 39 heavy (non-hydrogen) atoms. The van der Waals surface area contributed by atoms with Gasteiger partial charge in [-0.25, -0.2) is 0 Å². The number of nitrogens with one attached hydrogen (secondary N) is 1. The van der Waals surface area contributed by atoms with Gasteiger partial charge in [0.05, 0.1) is 45.8 Å².